The summed E-state index contributed by atoms with van der Waals surface area (Å²) in [5, 5.41) is 1.86. The van der Waals surface area contributed by atoms with Crippen LogP contribution >= 0.6 is 0 Å². The molecule has 126 valence electrons. The zero-order valence-corrected chi connectivity index (χ0v) is 13.9. The van der Waals surface area contributed by atoms with Crippen LogP contribution in [-0.4, -0.2) is 42.1 Å². The lowest BCUT2D eigenvalue weighted by atomic mass is 10.1. The minimum Gasteiger partial charge on any atom is -0.486 e. The second-order valence-corrected chi connectivity index (χ2v) is 6.06. The normalized spacial score (nSPS) is 15.8. The van der Waals surface area contributed by atoms with Crippen molar-refractivity contribution in [1.29, 1.82) is 0 Å². The molecule has 2 aromatic carbocycles. The highest BCUT2D eigenvalue weighted by Gasteiger charge is 2.25. The Morgan fingerprint density at radius 2 is 1.88 bits per heavy atom. The number of para-hydroxylation sites is 2. The van der Waals surface area contributed by atoms with E-state index in [-0.39, 0.29) is 12.0 Å². The van der Waals surface area contributed by atoms with Crippen molar-refractivity contribution in [2.75, 3.05) is 20.2 Å². The van der Waals surface area contributed by atoms with E-state index in [0.717, 1.165) is 16.5 Å². The average Bonchev–Trinajstić information content (AvgIpc) is 2.67. The molecule has 25 heavy (non-hydrogen) atoms. The largest absolute Gasteiger partial charge is 0.486 e. The van der Waals surface area contributed by atoms with Crippen molar-refractivity contribution in [3.63, 3.8) is 0 Å². The fourth-order valence-electron chi connectivity index (χ4n) is 3.01. The summed E-state index contributed by atoms with van der Waals surface area (Å²) in [6, 6.07) is 17.2. The quantitative estimate of drug-likeness (QED) is 0.738. The number of hydrogen-bond donors (Lipinski definition) is 0. The summed E-state index contributed by atoms with van der Waals surface area (Å²) in [5.74, 6) is 1.32. The van der Waals surface area contributed by atoms with E-state index < -0.39 is 0 Å². The standard InChI is InChI=1S/C20H18N2O3/c1-22(12-15-13-24-17-8-4-5-9-18(17)25-15)20(23)19-16-7-3-2-6-14(16)10-11-21-19/h2-11,15H,12-13H2,1H3/t15-/m1/s1. The van der Waals surface area contributed by atoms with Crippen molar-refractivity contribution in [2.45, 2.75) is 6.10 Å². The number of hydrogen-bond acceptors (Lipinski definition) is 4. The van der Waals surface area contributed by atoms with Gasteiger partial charge in [-0.3, -0.25) is 9.78 Å². The third-order valence-electron chi connectivity index (χ3n) is 4.27. The molecule has 0 saturated carbocycles. The molecular weight excluding hydrogens is 316 g/mol. The number of nitrogens with zero attached hydrogens (tertiary/aromatic N) is 2. The molecule has 0 spiro atoms. The molecule has 0 radical (unpaired) electrons. The molecule has 0 aliphatic carbocycles. The van der Waals surface area contributed by atoms with Gasteiger partial charge in [-0.05, 0) is 23.6 Å². The Kier molecular flexibility index (Phi) is 3.98. The number of aromatic nitrogens is 1. The van der Waals surface area contributed by atoms with Gasteiger partial charge in [0.25, 0.3) is 5.91 Å². The highest BCUT2D eigenvalue weighted by molar-refractivity contribution is 6.05. The highest BCUT2D eigenvalue weighted by Crippen LogP contribution is 2.31. The van der Waals surface area contributed by atoms with Crippen molar-refractivity contribution in [3.05, 3.63) is 66.5 Å². The van der Waals surface area contributed by atoms with Gasteiger partial charge < -0.3 is 14.4 Å². The zero-order valence-electron chi connectivity index (χ0n) is 13.9. The van der Waals surface area contributed by atoms with E-state index in [1.165, 1.54) is 0 Å². The van der Waals surface area contributed by atoms with Gasteiger partial charge >= 0.3 is 0 Å². The van der Waals surface area contributed by atoms with Gasteiger partial charge in [0, 0.05) is 18.6 Å². The first-order valence-electron chi connectivity index (χ1n) is 8.20. The van der Waals surface area contributed by atoms with Crippen LogP contribution in [0.3, 0.4) is 0 Å². The lowest BCUT2D eigenvalue weighted by molar-refractivity contribution is 0.0518. The second-order valence-electron chi connectivity index (χ2n) is 6.06. The number of rotatable bonds is 3. The molecule has 5 heteroatoms. The van der Waals surface area contributed by atoms with Crippen LogP contribution in [0.25, 0.3) is 10.8 Å². The maximum Gasteiger partial charge on any atom is 0.272 e. The predicted molar refractivity (Wildman–Crippen MR) is 95.1 cm³/mol. The van der Waals surface area contributed by atoms with Crippen molar-refractivity contribution < 1.29 is 14.3 Å². The van der Waals surface area contributed by atoms with Crippen LogP contribution < -0.4 is 9.47 Å². The summed E-state index contributed by atoms with van der Waals surface area (Å²) in [4.78, 5) is 18.8. The van der Waals surface area contributed by atoms with Crippen LogP contribution in [0.4, 0.5) is 0 Å². The van der Waals surface area contributed by atoms with Crippen LogP contribution in [0.2, 0.25) is 0 Å². The zero-order chi connectivity index (χ0) is 17.2. The van der Waals surface area contributed by atoms with Crippen molar-refractivity contribution in [3.8, 4) is 11.5 Å². The molecule has 0 fully saturated rings. The molecule has 4 rings (SSSR count). The van der Waals surface area contributed by atoms with Crippen molar-refractivity contribution in [1.82, 2.24) is 9.88 Å². The molecule has 2 heterocycles. The predicted octanol–water partition coefficient (Wildman–Crippen LogP) is 3.15. The summed E-state index contributed by atoms with van der Waals surface area (Å²) < 4.78 is 11.7. The molecule has 1 atom stereocenters. The van der Waals surface area contributed by atoms with Gasteiger partial charge in [0.2, 0.25) is 0 Å². The molecule has 1 aromatic heterocycles. The molecular formula is C20H18N2O3. The Hall–Kier alpha value is -3.08. The summed E-state index contributed by atoms with van der Waals surface area (Å²) in [6.07, 6.45) is 1.46. The van der Waals surface area contributed by atoms with E-state index in [9.17, 15) is 4.79 Å². The summed E-state index contributed by atoms with van der Waals surface area (Å²) in [7, 11) is 1.76. The van der Waals surface area contributed by atoms with E-state index in [4.69, 9.17) is 9.47 Å². The van der Waals surface area contributed by atoms with Gasteiger partial charge in [-0.1, -0.05) is 36.4 Å². The number of benzene rings is 2. The Balaban J connectivity index is 1.51. The molecule has 0 N–H and O–H groups in total. The van der Waals surface area contributed by atoms with Gasteiger partial charge in [0.05, 0.1) is 6.54 Å². The first-order chi connectivity index (χ1) is 12.2. The maximum absolute atomic E-state index is 12.8. The molecule has 5 nitrogen and oxygen atoms in total. The number of likely N-dealkylation sites (N-methyl/N-ethyl adjacent to an activating group) is 1. The van der Waals surface area contributed by atoms with Crippen LogP contribution in [0, 0.1) is 0 Å². The van der Waals surface area contributed by atoms with E-state index >= 15 is 0 Å². The second kappa shape index (κ2) is 6.43. The van der Waals surface area contributed by atoms with Crippen molar-refractivity contribution >= 4 is 16.7 Å². The van der Waals surface area contributed by atoms with Gasteiger partial charge in [-0.15, -0.1) is 0 Å². The number of ether oxygens (including phenoxy) is 2. The minimum atomic E-state index is -0.209. The lowest BCUT2D eigenvalue weighted by Crippen LogP contribution is -2.42. The molecule has 1 aliphatic heterocycles. The fraction of sp³-hybridized carbons (Fsp3) is 0.200. The van der Waals surface area contributed by atoms with Gasteiger partial charge in [-0.2, -0.15) is 0 Å². The monoisotopic (exact) mass is 334 g/mol. The average molecular weight is 334 g/mol. The van der Waals surface area contributed by atoms with Crippen LogP contribution in [0.1, 0.15) is 10.5 Å². The first kappa shape index (κ1) is 15.4. The molecule has 1 amide bonds. The van der Waals surface area contributed by atoms with Gasteiger partial charge in [0.15, 0.2) is 17.6 Å². The molecule has 0 saturated heterocycles. The number of carbonyl (C=O) groups is 1. The third-order valence-corrected chi connectivity index (χ3v) is 4.27. The Morgan fingerprint density at radius 3 is 2.76 bits per heavy atom. The highest BCUT2D eigenvalue weighted by atomic mass is 16.6. The number of fused-ring (bicyclic) bond motifs is 2. The Bertz CT molecular complexity index is 920. The SMILES string of the molecule is CN(C[C@@H]1COc2ccccc2O1)C(=O)c1nccc2ccccc12. The van der Waals surface area contributed by atoms with Gasteiger partial charge in [0.1, 0.15) is 12.3 Å². The third kappa shape index (κ3) is 3.01. The first-order valence-corrected chi connectivity index (χ1v) is 8.20. The molecule has 0 unspecified atom stereocenters. The maximum atomic E-state index is 12.8. The molecule has 0 bridgehead atoms. The van der Waals surface area contributed by atoms with E-state index in [1.54, 1.807) is 18.1 Å². The topological polar surface area (TPSA) is 51.7 Å². The van der Waals surface area contributed by atoms with Crippen molar-refractivity contribution in [2.24, 2.45) is 0 Å². The smallest absolute Gasteiger partial charge is 0.272 e. The summed E-state index contributed by atoms with van der Waals surface area (Å²) >= 11 is 0. The van der Waals surface area contributed by atoms with Crippen LogP contribution in [0.15, 0.2) is 60.8 Å². The number of carbonyl (C=O) groups excluding carboxylic acids is 1. The van der Waals surface area contributed by atoms with Crippen LogP contribution in [0.5, 0.6) is 11.5 Å². The number of amides is 1. The minimum absolute atomic E-state index is 0.126. The fourth-order valence-corrected chi connectivity index (χ4v) is 3.01. The Labute approximate surface area is 145 Å². The van der Waals surface area contributed by atoms with E-state index in [0.29, 0.717) is 24.6 Å². The summed E-state index contributed by atoms with van der Waals surface area (Å²) in [5.41, 5.74) is 0.456. The Morgan fingerprint density at radius 1 is 1.12 bits per heavy atom. The van der Waals surface area contributed by atoms with E-state index in [1.807, 2.05) is 54.6 Å². The number of pyridine rings is 1. The lowest BCUT2D eigenvalue weighted by Gasteiger charge is -2.29. The molecule has 3 aromatic rings. The van der Waals surface area contributed by atoms with Gasteiger partial charge in [-0.25, -0.2) is 0 Å². The molecule has 1 aliphatic rings. The van der Waals surface area contributed by atoms with Crippen LogP contribution in [-0.2, 0) is 0 Å². The van der Waals surface area contributed by atoms with E-state index in [2.05, 4.69) is 4.98 Å². The summed E-state index contributed by atoms with van der Waals surface area (Å²) in [6.45, 7) is 0.843.